The van der Waals surface area contributed by atoms with Gasteiger partial charge in [0.1, 0.15) is 5.75 Å². The van der Waals surface area contributed by atoms with Crippen LogP contribution in [0.3, 0.4) is 0 Å². The number of rotatable bonds is 3. The zero-order valence-corrected chi connectivity index (χ0v) is 7.42. The van der Waals surface area contributed by atoms with E-state index in [0.29, 0.717) is 0 Å². The van der Waals surface area contributed by atoms with Crippen molar-refractivity contribution in [3.8, 4) is 5.75 Å². The summed E-state index contributed by atoms with van der Waals surface area (Å²) in [6.07, 6.45) is 1.78. The van der Waals surface area contributed by atoms with Crippen LogP contribution in [0, 0.1) is 0 Å². The van der Waals surface area contributed by atoms with Crippen LogP contribution in [0.5, 0.6) is 5.75 Å². The molecule has 0 amide bonds. The van der Waals surface area contributed by atoms with Crippen molar-refractivity contribution in [2.24, 2.45) is 0 Å². The first-order chi connectivity index (χ1) is 5.83. The van der Waals surface area contributed by atoms with Crippen LogP contribution in [0.15, 0.2) is 24.8 Å². The molecular weight excluding hydrogens is 150 g/mol. The highest BCUT2D eigenvalue weighted by molar-refractivity contribution is 5.71. The summed E-state index contributed by atoms with van der Waals surface area (Å²) >= 11 is 0. The fourth-order valence-corrected chi connectivity index (χ4v) is 1.15. The van der Waals surface area contributed by atoms with Gasteiger partial charge in [-0.25, -0.2) is 0 Å². The molecule has 0 saturated heterocycles. The van der Waals surface area contributed by atoms with Gasteiger partial charge in [-0.2, -0.15) is 0 Å². The average molecular weight is 163 g/mol. The van der Waals surface area contributed by atoms with E-state index in [-0.39, 0.29) is 0 Å². The summed E-state index contributed by atoms with van der Waals surface area (Å²) in [4.78, 5) is 0. The SMILES string of the molecule is C=Cc1c(NC)cccc1OC. The lowest BCUT2D eigenvalue weighted by molar-refractivity contribution is 0.414. The molecule has 0 saturated carbocycles. The Kier molecular flexibility index (Phi) is 2.75. The van der Waals surface area contributed by atoms with E-state index in [0.717, 1.165) is 17.0 Å². The Morgan fingerprint density at radius 3 is 2.75 bits per heavy atom. The number of ether oxygens (including phenoxy) is 1. The van der Waals surface area contributed by atoms with Gasteiger partial charge in [-0.05, 0) is 12.1 Å². The molecule has 1 rings (SSSR count). The van der Waals surface area contributed by atoms with E-state index in [1.165, 1.54) is 0 Å². The van der Waals surface area contributed by atoms with Crippen molar-refractivity contribution >= 4 is 11.8 Å². The molecule has 0 spiro atoms. The van der Waals surface area contributed by atoms with Crippen molar-refractivity contribution in [1.29, 1.82) is 0 Å². The van der Waals surface area contributed by atoms with Gasteiger partial charge in [0.2, 0.25) is 0 Å². The minimum atomic E-state index is 0.844. The maximum atomic E-state index is 5.17. The number of hydrogen-bond donors (Lipinski definition) is 1. The van der Waals surface area contributed by atoms with E-state index < -0.39 is 0 Å². The predicted molar refractivity (Wildman–Crippen MR) is 52.6 cm³/mol. The van der Waals surface area contributed by atoms with Crippen LogP contribution in [0.4, 0.5) is 5.69 Å². The summed E-state index contributed by atoms with van der Waals surface area (Å²) in [7, 11) is 3.53. The third-order valence-electron chi connectivity index (χ3n) is 1.76. The molecule has 0 atom stereocenters. The van der Waals surface area contributed by atoms with Crippen LogP contribution in [0.2, 0.25) is 0 Å². The monoisotopic (exact) mass is 163 g/mol. The highest BCUT2D eigenvalue weighted by Crippen LogP contribution is 2.26. The Hall–Kier alpha value is -1.44. The number of anilines is 1. The molecule has 2 nitrogen and oxygen atoms in total. The van der Waals surface area contributed by atoms with E-state index in [9.17, 15) is 0 Å². The van der Waals surface area contributed by atoms with Crippen molar-refractivity contribution < 1.29 is 4.74 Å². The Balaban J connectivity index is 3.21. The Labute approximate surface area is 72.9 Å². The van der Waals surface area contributed by atoms with Gasteiger partial charge in [-0.15, -0.1) is 0 Å². The molecular formula is C10H13NO. The van der Waals surface area contributed by atoms with Gasteiger partial charge in [0.25, 0.3) is 0 Å². The van der Waals surface area contributed by atoms with Gasteiger partial charge in [0.15, 0.2) is 0 Å². The molecule has 0 aliphatic heterocycles. The molecule has 0 unspecified atom stereocenters. The summed E-state index contributed by atoms with van der Waals surface area (Å²) in [5.41, 5.74) is 2.03. The van der Waals surface area contributed by atoms with Crippen molar-refractivity contribution in [3.63, 3.8) is 0 Å². The van der Waals surface area contributed by atoms with Crippen LogP contribution < -0.4 is 10.1 Å². The van der Waals surface area contributed by atoms with E-state index in [2.05, 4.69) is 11.9 Å². The molecule has 0 fully saturated rings. The third-order valence-corrected chi connectivity index (χ3v) is 1.76. The lowest BCUT2D eigenvalue weighted by Gasteiger charge is -2.09. The number of benzene rings is 1. The van der Waals surface area contributed by atoms with Crippen LogP contribution in [0.25, 0.3) is 6.08 Å². The second kappa shape index (κ2) is 3.81. The minimum absolute atomic E-state index is 0.844. The zero-order valence-electron chi connectivity index (χ0n) is 7.42. The molecule has 1 aromatic rings. The normalized spacial score (nSPS) is 9.17. The first-order valence-corrected chi connectivity index (χ1v) is 3.80. The van der Waals surface area contributed by atoms with E-state index in [1.54, 1.807) is 13.2 Å². The second-order valence-electron chi connectivity index (χ2n) is 2.38. The molecule has 2 heteroatoms. The quantitative estimate of drug-likeness (QED) is 0.738. The smallest absolute Gasteiger partial charge is 0.128 e. The molecule has 1 aromatic carbocycles. The van der Waals surface area contributed by atoms with E-state index in [1.807, 2.05) is 25.2 Å². The molecule has 0 heterocycles. The summed E-state index contributed by atoms with van der Waals surface area (Å²) in [6.45, 7) is 3.73. The van der Waals surface area contributed by atoms with Crippen molar-refractivity contribution in [2.45, 2.75) is 0 Å². The van der Waals surface area contributed by atoms with Gasteiger partial charge >= 0.3 is 0 Å². The zero-order chi connectivity index (χ0) is 8.97. The molecule has 12 heavy (non-hydrogen) atoms. The van der Waals surface area contributed by atoms with Gasteiger partial charge in [0, 0.05) is 18.3 Å². The molecule has 0 aromatic heterocycles. The van der Waals surface area contributed by atoms with Gasteiger partial charge in [0.05, 0.1) is 7.11 Å². The Morgan fingerprint density at radius 2 is 2.25 bits per heavy atom. The van der Waals surface area contributed by atoms with Crippen LogP contribution in [-0.4, -0.2) is 14.2 Å². The first kappa shape index (κ1) is 8.65. The lowest BCUT2D eigenvalue weighted by Crippen LogP contribution is -1.94. The topological polar surface area (TPSA) is 21.3 Å². The van der Waals surface area contributed by atoms with Crippen molar-refractivity contribution in [2.75, 3.05) is 19.5 Å². The maximum Gasteiger partial charge on any atom is 0.128 e. The standard InChI is InChI=1S/C10H13NO/c1-4-8-9(11-2)6-5-7-10(8)12-3/h4-7,11H,1H2,2-3H3. The fourth-order valence-electron chi connectivity index (χ4n) is 1.15. The van der Waals surface area contributed by atoms with Crippen LogP contribution in [-0.2, 0) is 0 Å². The average Bonchev–Trinajstić information content (AvgIpc) is 2.16. The van der Waals surface area contributed by atoms with Crippen LogP contribution in [0.1, 0.15) is 5.56 Å². The predicted octanol–water partition coefficient (Wildman–Crippen LogP) is 2.38. The molecule has 0 aliphatic carbocycles. The summed E-state index contributed by atoms with van der Waals surface area (Å²) in [5, 5.41) is 3.07. The third kappa shape index (κ3) is 1.42. The van der Waals surface area contributed by atoms with E-state index >= 15 is 0 Å². The summed E-state index contributed by atoms with van der Waals surface area (Å²) in [5.74, 6) is 0.844. The molecule has 0 radical (unpaired) electrons. The highest BCUT2D eigenvalue weighted by atomic mass is 16.5. The molecule has 64 valence electrons. The van der Waals surface area contributed by atoms with Crippen LogP contribution >= 0.6 is 0 Å². The van der Waals surface area contributed by atoms with Gasteiger partial charge < -0.3 is 10.1 Å². The first-order valence-electron chi connectivity index (χ1n) is 3.80. The molecule has 0 bridgehead atoms. The number of nitrogens with one attached hydrogen (secondary N) is 1. The van der Waals surface area contributed by atoms with E-state index in [4.69, 9.17) is 4.74 Å². The van der Waals surface area contributed by atoms with Gasteiger partial charge in [-0.1, -0.05) is 18.7 Å². The van der Waals surface area contributed by atoms with Crippen molar-refractivity contribution in [1.82, 2.24) is 0 Å². The summed E-state index contributed by atoms with van der Waals surface area (Å²) in [6, 6.07) is 5.84. The lowest BCUT2D eigenvalue weighted by atomic mass is 10.1. The largest absolute Gasteiger partial charge is 0.496 e. The number of methoxy groups -OCH3 is 1. The Morgan fingerprint density at radius 1 is 1.50 bits per heavy atom. The molecule has 0 aliphatic rings. The second-order valence-corrected chi connectivity index (χ2v) is 2.38. The molecule has 1 N–H and O–H groups in total. The highest BCUT2D eigenvalue weighted by Gasteiger charge is 2.02. The fraction of sp³-hybridized carbons (Fsp3) is 0.200. The minimum Gasteiger partial charge on any atom is -0.496 e. The number of hydrogen-bond acceptors (Lipinski definition) is 2. The van der Waals surface area contributed by atoms with Gasteiger partial charge in [-0.3, -0.25) is 0 Å². The summed E-state index contributed by atoms with van der Waals surface area (Å²) < 4.78 is 5.17. The maximum absolute atomic E-state index is 5.17. The van der Waals surface area contributed by atoms with Crippen molar-refractivity contribution in [3.05, 3.63) is 30.3 Å². The Bertz CT molecular complexity index is 259.